The van der Waals surface area contributed by atoms with E-state index in [0.29, 0.717) is 25.5 Å². The van der Waals surface area contributed by atoms with Gasteiger partial charge >= 0.3 is 5.97 Å². The molecule has 0 fully saturated rings. The van der Waals surface area contributed by atoms with Crippen molar-refractivity contribution >= 4 is 11.7 Å². The molecule has 0 bridgehead atoms. The number of benzene rings is 1. The predicted molar refractivity (Wildman–Crippen MR) is 82.2 cm³/mol. The van der Waals surface area contributed by atoms with Crippen LogP contribution in [0.15, 0.2) is 24.3 Å². The van der Waals surface area contributed by atoms with Gasteiger partial charge in [0.2, 0.25) is 0 Å². The second-order valence-electron chi connectivity index (χ2n) is 5.34. The maximum Gasteiger partial charge on any atom is 0.316 e. The zero-order valence-electron chi connectivity index (χ0n) is 13.1. The Balaban J connectivity index is 2.35. The first-order valence-corrected chi connectivity index (χ1v) is 7.08. The van der Waals surface area contributed by atoms with Gasteiger partial charge in [-0.15, -0.1) is 0 Å². The number of hydrogen-bond donors (Lipinski definition) is 1. The molecule has 0 amide bonds. The van der Waals surface area contributed by atoms with E-state index in [2.05, 4.69) is 0 Å². The Hall–Kier alpha value is -1.59. The van der Waals surface area contributed by atoms with Gasteiger partial charge in [0, 0.05) is 26.0 Å². The number of nitrogens with two attached hydrogens (primary N) is 1. The highest BCUT2D eigenvalue weighted by atomic mass is 16.6. The van der Waals surface area contributed by atoms with Gasteiger partial charge in [0.15, 0.2) is 0 Å². The van der Waals surface area contributed by atoms with Gasteiger partial charge in [-0.05, 0) is 38.0 Å². The van der Waals surface area contributed by atoms with Crippen molar-refractivity contribution in [1.82, 2.24) is 0 Å². The number of carbonyl (C=O) groups excluding carboxylic acids is 1. The fourth-order valence-electron chi connectivity index (χ4n) is 1.80. The lowest BCUT2D eigenvalue weighted by molar-refractivity contribution is -0.151. The fourth-order valence-corrected chi connectivity index (χ4v) is 1.80. The molecule has 5 nitrogen and oxygen atoms in total. The second-order valence-corrected chi connectivity index (χ2v) is 5.34. The summed E-state index contributed by atoms with van der Waals surface area (Å²) in [5.41, 5.74) is 6.50. The normalized spacial score (nSPS) is 11.4. The molecule has 21 heavy (non-hydrogen) atoms. The highest BCUT2D eigenvalue weighted by Crippen LogP contribution is 2.25. The Bertz CT molecular complexity index is 428. The Morgan fingerprint density at radius 3 is 2.38 bits per heavy atom. The predicted octanol–water partition coefficient (Wildman–Crippen LogP) is 2.14. The van der Waals surface area contributed by atoms with Gasteiger partial charge in [-0.2, -0.15) is 0 Å². The number of methoxy groups -OCH3 is 1. The van der Waals surface area contributed by atoms with Crippen LogP contribution >= 0.6 is 0 Å². The van der Waals surface area contributed by atoms with Crippen LogP contribution in [0.5, 0.6) is 0 Å². The molecule has 1 rings (SSSR count). The van der Waals surface area contributed by atoms with Crippen molar-refractivity contribution in [2.75, 3.05) is 39.3 Å². The summed E-state index contributed by atoms with van der Waals surface area (Å²) in [5, 5.41) is 0. The van der Waals surface area contributed by atoms with E-state index in [1.54, 1.807) is 19.2 Å². The molecule has 0 aliphatic heterocycles. The number of esters is 1. The largest absolute Gasteiger partial charge is 0.463 e. The summed E-state index contributed by atoms with van der Waals surface area (Å²) in [5.74, 6) is -0.271. The van der Waals surface area contributed by atoms with Crippen molar-refractivity contribution in [3.63, 3.8) is 0 Å². The van der Waals surface area contributed by atoms with Crippen molar-refractivity contribution in [2.24, 2.45) is 0 Å². The van der Waals surface area contributed by atoms with E-state index in [1.165, 1.54) is 0 Å². The van der Waals surface area contributed by atoms with Crippen LogP contribution in [0.2, 0.25) is 0 Å². The second kappa shape index (κ2) is 8.64. The van der Waals surface area contributed by atoms with Gasteiger partial charge in [-0.25, -0.2) is 0 Å². The summed E-state index contributed by atoms with van der Waals surface area (Å²) in [7, 11) is 1.65. The van der Waals surface area contributed by atoms with Gasteiger partial charge in [0.1, 0.15) is 6.61 Å². The van der Waals surface area contributed by atoms with E-state index in [9.17, 15) is 4.79 Å². The van der Waals surface area contributed by atoms with Gasteiger partial charge in [0.05, 0.1) is 12.0 Å². The molecule has 0 heterocycles. The molecule has 2 N–H and O–H groups in total. The maximum absolute atomic E-state index is 12.2. The Kier molecular flexibility index (Phi) is 7.19. The van der Waals surface area contributed by atoms with Crippen LogP contribution in [0, 0.1) is 0 Å². The SMILES string of the molecule is COCCCOCCOC(=O)C(C)(C)c1ccc(N)cc1. The molecule has 0 spiro atoms. The molecular formula is C16H25NO4. The standard InChI is InChI=1S/C16H25NO4/c1-16(2,13-5-7-14(17)8-6-13)15(18)21-12-11-20-10-4-9-19-3/h5-8H,4,9-12,17H2,1-3H3. The van der Waals surface area contributed by atoms with Crippen molar-refractivity contribution in [3.8, 4) is 0 Å². The third-order valence-electron chi connectivity index (χ3n) is 3.24. The monoisotopic (exact) mass is 295 g/mol. The molecule has 0 unspecified atom stereocenters. The number of rotatable bonds is 9. The first-order chi connectivity index (χ1) is 9.98. The first kappa shape index (κ1) is 17.5. The summed E-state index contributed by atoms with van der Waals surface area (Å²) in [6.07, 6.45) is 0.835. The minimum Gasteiger partial charge on any atom is -0.463 e. The molecule has 1 aromatic carbocycles. The summed E-state index contributed by atoms with van der Waals surface area (Å²) in [4.78, 5) is 12.2. The van der Waals surface area contributed by atoms with Crippen molar-refractivity contribution < 1.29 is 19.0 Å². The van der Waals surface area contributed by atoms with Crippen LogP contribution in [0.1, 0.15) is 25.8 Å². The van der Waals surface area contributed by atoms with Crippen molar-refractivity contribution in [1.29, 1.82) is 0 Å². The van der Waals surface area contributed by atoms with Crippen LogP contribution in [-0.4, -0.2) is 39.5 Å². The lowest BCUT2D eigenvalue weighted by atomic mass is 9.85. The van der Waals surface area contributed by atoms with Crippen LogP contribution in [-0.2, 0) is 24.4 Å². The highest BCUT2D eigenvalue weighted by molar-refractivity contribution is 5.82. The number of ether oxygens (including phenoxy) is 3. The van der Waals surface area contributed by atoms with Gasteiger partial charge in [-0.3, -0.25) is 4.79 Å². The number of anilines is 1. The van der Waals surface area contributed by atoms with Gasteiger partial charge in [0.25, 0.3) is 0 Å². The molecule has 0 saturated carbocycles. The van der Waals surface area contributed by atoms with Crippen LogP contribution in [0.25, 0.3) is 0 Å². The van der Waals surface area contributed by atoms with Crippen molar-refractivity contribution in [3.05, 3.63) is 29.8 Å². The molecule has 1 aromatic rings. The van der Waals surface area contributed by atoms with Crippen LogP contribution in [0.4, 0.5) is 5.69 Å². The zero-order valence-corrected chi connectivity index (χ0v) is 13.1. The van der Waals surface area contributed by atoms with Gasteiger partial charge < -0.3 is 19.9 Å². The molecule has 0 atom stereocenters. The molecular weight excluding hydrogens is 270 g/mol. The molecule has 118 valence electrons. The van der Waals surface area contributed by atoms with E-state index in [-0.39, 0.29) is 12.6 Å². The molecule has 0 aromatic heterocycles. The van der Waals surface area contributed by atoms with Crippen molar-refractivity contribution in [2.45, 2.75) is 25.7 Å². The van der Waals surface area contributed by atoms with E-state index in [4.69, 9.17) is 19.9 Å². The van der Waals surface area contributed by atoms with E-state index in [1.807, 2.05) is 26.0 Å². The fraction of sp³-hybridized carbons (Fsp3) is 0.562. The zero-order chi connectivity index (χ0) is 15.7. The number of nitrogen functional groups attached to an aromatic ring is 1. The first-order valence-electron chi connectivity index (χ1n) is 7.08. The lowest BCUT2D eigenvalue weighted by Gasteiger charge is -2.23. The quantitative estimate of drug-likeness (QED) is 0.429. The van der Waals surface area contributed by atoms with E-state index >= 15 is 0 Å². The Labute approximate surface area is 126 Å². The molecule has 5 heteroatoms. The molecule has 0 radical (unpaired) electrons. The average Bonchev–Trinajstić information content (AvgIpc) is 2.46. The van der Waals surface area contributed by atoms with Crippen LogP contribution in [0.3, 0.4) is 0 Å². The minimum atomic E-state index is -0.705. The lowest BCUT2D eigenvalue weighted by Crippen LogP contribution is -2.32. The summed E-state index contributed by atoms with van der Waals surface area (Å²) in [6.45, 7) is 5.59. The van der Waals surface area contributed by atoms with Gasteiger partial charge in [-0.1, -0.05) is 12.1 Å². The Morgan fingerprint density at radius 1 is 1.10 bits per heavy atom. The smallest absolute Gasteiger partial charge is 0.316 e. The third-order valence-corrected chi connectivity index (χ3v) is 3.24. The summed E-state index contributed by atoms with van der Waals surface area (Å²) in [6, 6.07) is 7.25. The van der Waals surface area contributed by atoms with E-state index < -0.39 is 5.41 Å². The summed E-state index contributed by atoms with van der Waals surface area (Å²) >= 11 is 0. The minimum absolute atomic E-state index is 0.254. The topological polar surface area (TPSA) is 70.8 Å². The van der Waals surface area contributed by atoms with Crippen LogP contribution < -0.4 is 5.73 Å². The molecule has 0 saturated heterocycles. The molecule has 0 aliphatic carbocycles. The summed E-state index contributed by atoms with van der Waals surface area (Å²) < 4.78 is 15.5. The van der Waals surface area contributed by atoms with E-state index in [0.717, 1.165) is 12.0 Å². The highest BCUT2D eigenvalue weighted by Gasteiger charge is 2.31. The molecule has 0 aliphatic rings. The average molecular weight is 295 g/mol. The third kappa shape index (κ3) is 5.73. The number of hydrogen-bond acceptors (Lipinski definition) is 5. The maximum atomic E-state index is 12.2. The number of carbonyl (C=O) groups is 1. The Morgan fingerprint density at radius 2 is 1.76 bits per heavy atom.